The van der Waals surface area contributed by atoms with E-state index in [0.29, 0.717) is 5.88 Å². The van der Waals surface area contributed by atoms with Crippen molar-refractivity contribution in [1.29, 1.82) is 0 Å². The van der Waals surface area contributed by atoms with Gasteiger partial charge in [-0.2, -0.15) is 0 Å². The molecule has 1 aromatic rings. The first-order chi connectivity index (χ1) is 5.25. The van der Waals surface area contributed by atoms with Crippen LogP contribution in [0.5, 0.6) is 0 Å². The monoisotopic (exact) mass is 297 g/mol. The van der Waals surface area contributed by atoms with Crippen molar-refractivity contribution in [3.63, 3.8) is 0 Å². The summed E-state index contributed by atoms with van der Waals surface area (Å²) < 4.78 is 2.01. The molecule has 0 aliphatic rings. The zero-order valence-electron chi connectivity index (χ0n) is 5.65. The second-order valence-electron chi connectivity index (χ2n) is 2.02. The third-order valence-electron chi connectivity index (χ3n) is 1.30. The summed E-state index contributed by atoms with van der Waals surface area (Å²) >= 11 is 12.4. The summed E-state index contributed by atoms with van der Waals surface area (Å²) in [6.45, 7) is 0. The minimum absolute atomic E-state index is 0.626. The van der Waals surface area contributed by atoms with Crippen LogP contribution < -0.4 is 0 Å². The number of hydrogen-bond donors (Lipinski definition) is 0. The van der Waals surface area contributed by atoms with Gasteiger partial charge in [0.15, 0.2) is 0 Å². The molecular weight excluding hydrogens is 293 g/mol. The molecule has 0 unspecified atom stereocenters. The first-order valence-electron chi connectivity index (χ1n) is 3.09. The number of hydrogen-bond acceptors (Lipinski definition) is 1. The largest absolute Gasteiger partial charge is 0.262 e. The molecule has 1 nitrogen and oxygen atoms in total. The quantitative estimate of drug-likeness (QED) is 0.763. The molecule has 11 heavy (non-hydrogen) atoms. The zero-order valence-corrected chi connectivity index (χ0v) is 9.58. The van der Waals surface area contributed by atoms with Gasteiger partial charge in [-0.15, -0.1) is 11.6 Å². The zero-order chi connectivity index (χ0) is 8.27. The van der Waals surface area contributed by atoms with Crippen molar-refractivity contribution in [3.8, 4) is 0 Å². The SMILES string of the molecule is ClCCc1c(Br)cncc1Br. The molecule has 0 saturated heterocycles. The van der Waals surface area contributed by atoms with E-state index in [1.54, 1.807) is 12.4 Å². The van der Waals surface area contributed by atoms with Gasteiger partial charge in [-0.25, -0.2) is 0 Å². The molecule has 0 amide bonds. The Hall–Kier alpha value is 0.400. The van der Waals surface area contributed by atoms with Crippen LogP contribution in [0.25, 0.3) is 0 Å². The van der Waals surface area contributed by atoms with E-state index >= 15 is 0 Å². The van der Waals surface area contributed by atoms with Crippen molar-refractivity contribution >= 4 is 43.5 Å². The smallest absolute Gasteiger partial charge is 0.0413 e. The summed E-state index contributed by atoms with van der Waals surface area (Å²) in [7, 11) is 0. The molecule has 0 aliphatic heterocycles. The van der Waals surface area contributed by atoms with Gasteiger partial charge in [0.2, 0.25) is 0 Å². The van der Waals surface area contributed by atoms with Gasteiger partial charge < -0.3 is 0 Å². The molecular formula is C7H6Br2ClN. The highest BCUT2D eigenvalue weighted by molar-refractivity contribution is 9.11. The molecule has 0 aliphatic carbocycles. The van der Waals surface area contributed by atoms with Crippen LogP contribution in [0.15, 0.2) is 21.3 Å². The van der Waals surface area contributed by atoms with Gasteiger partial charge in [-0.3, -0.25) is 4.98 Å². The molecule has 0 aromatic carbocycles. The van der Waals surface area contributed by atoms with Crippen LogP contribution in [0, 0.1) is 0 Å². The molecule has 0 spiro atoms. The van der Waals surface area contributed by atoms with E-state index in [9.17, 15) is 0 Å². The first-order valence-corrected chi connectivity index (χ1v) is 5.21. The molecule has 60 valence electrons. The lowest BCUT2D eigenvalue weighted by Crippen LogP contribution is -1.90. The van der Waals surface area contributed by atoms with E-state index in [-0.39, 0.29) is 0 Å². The fourth-order valence-electron chi connectivity index (χ4n) is 0.771. The summed E-state index contributed by atoms with van der Waals surface area (Å²) in [5.41, 5.74) is 1.18. The molecule has 0 atom stereocenters. The Kier molecular flexibility index (Phi) is 3.82. The Morgan fingerprint density at radius 2 is 1.82 bits per heavy atom. The van der Waals surface area contributed by atoms with E-state index in [1.807, 2.05) is 0 Å². The van der Waals surface area contributed by atoms with Crippen LogP contribution in [-0.4, -0.2) is 10.9 Å². The van der Waals surface area contributed by atoms with Crippen LogP contribution in [0.4, 0.5) is 0 Å². The Labute approximate surface area is 87.4 Å². The number of pyridine rings is 1. The summed E-state index contributed by atoms with van der Waals surface area (Å²) in [5, 5.41) is 0. The van der Waals surface area contributed by atoms with Crippen LogP contribution in [-0.2, 0) is 6.42 Å². The van der Waals surface area contributed by atoms with Crippen molar-refractivity contribution in [3.05, 3.63) is 26.9 Å². The standard InChI is InChI=1S/C7H6Br2ClN/c8-6-3-11-4-7(9)5(6)1-2-10/h3-4H,1-2H2. The minimum atomic E-state index is 0.626. The summed E-state index contributed by atoms with van der Waals surface area (Å²) in [6, 6.07) is 0. The van der Waals surface area contributed by atoms with Crippen molar-refractivity contribution in [1.82, 2.24) is 4.98 Å². The lowest BCUT2D eigenvalue weighted by atomic mass is 10.2. The van der Waals surface area contributed by atoms with E-state index in [2.05, 4.69) is 36.8 Å². The summed E-state index contributed by atoms with van der Waals surface area (Å²) in [6.07, 6.45) is 4.39. The molecule has 1 heterocycles. The Bertz CT molecular complexity index is 232. The van der Waals surface area contributed by atoms with E-state index in [4.69, 9.17) is 11.6 Å². The molecule has 0 bridgehead atoms. The molecule has 1 aromatic heterocycles. The lowest BCUT2D eigenvalue weighted by molar-refractivity contribution is 1.09. The predicted octanol–water partition coefficient (Wildman–Crippen LogP) is 3.39. The van der Waals surface area contributed by atoms with Crippen molar-refractivity contribution in [2.75, 3.05) is 5.88 Å². The average Bonchev–Trinajstić information content (AvgIpc) is 1.97. The van der Waals surface area contributed by atoms with Gasteiger partial charge >= 0.3 is 0 Å². The highest BCUT2D eigenvalue weighted by Crippen LogP contribution is 2.24. The molecule has 1 rings (SSSR count). The van der Waals surface area contributed by atoms with Gasteiger partial charge in [0.1, 0.15) is 0 Å². The third-order valence-corrected chi connectivity index (χ3v) is 2.85. The Morgan fingerprint density at radius 1 is 1.27 bits per heavy atom. The van der Waals surface area contributed by atoms with E-state index in [0.717, 1.165) is 15.4 Å². The van der Waals surface area contributed by atoms with Crippen LogP contribution in [0.1, 0.15) is 5.56 Å². The van der Waals surface area contributed by atoms with Gasteiger partial charge in [0.25, 0.3) is 0 Å². The number of aromatic nitrogens is 1. The van der Waals surface area contributed by atoms with Crippen molar-refractivity contribution < 1.29 is 0 Å². The molecule has 0 radical (unpaired) electrons. The second-order valence-corrected chi connectivity index (χ2v) is 4.11. The second kappa shape index (κ2) is 4.43. The molecule has 0 N–H and O–H groups in total. The molecule has 0 saturated carbocycles. The normalized spacial score (nSPS) is 10.1. The van der Waals surface area contributed by atoms with Gasteiger partial charge in [-0.05, 0) is 43.8 Å². The highest BCUT2D eigenvalue weighted by Gasteiger charge is 2.03. The average molecular weight is 299 g/mol. The summed E-state index contributed by atoms with van der Waals surface area (Å²) in [5.74, 6) is 0.626. The van der Waals surface area contributed by atoms with Crippen molar-refractivity contribution in [2.45, 2.75) is 6.42 Å². The van der Waals surface area contributed by atoms with E-state index in [1.165, 1.54) is 5.56 Å². The Morgan fingerprint density at radius 3 is 2.27 bits per heavy atom. The van der Waals surface area contributed by atoms with Crippen LogP contribution in [0.2, 0.25) is 0 Å². The lowest BCUT2D eigenvalue weighted by Gasteiger charge is -2.02. The van der Waals surface area contributed by atoms with Gasteiger partial charge in [0.05, 0.1) is 0 Å². The maximum absolute atomic E-state index is 5.62. The first kappa shape index (κ1) is 9.49. The van der Waals surface area contributed by atoms with E-state index < -0.39 is 0 Å². The topological polar surface area (TPSA) is 12.9 Å². The highest BCUT2D eigenvalue weighted by atomic mass is 79.9. The van der Waals surface area contributed by atoms with Gasteiger partial charge in [0, 0.05) is 27.2 Å². The molecule has 4 heteroatoms. The number of halogens is 3. The van der Waals surface area contributed by atoms with Crippen LogP contribution >= 0.6 is 43.5 Å². The molecule has 0 fully saturated rings. The number of rotatable bonds is 2. The third kappa shape index (κ3) is 2.42. The number of alkyl halides is 1. The predicted molar refractivity (Wildman–Crippen MR) is 54.1 cm³/mol. The summed E-state index contributed by atoms with van der Waals surface area (Å²) in [4.78, 5) is 3.99. The fraction of sp³-hybridized carbons (Fsp3) is 0.286. The minimum Gasteiger partial charge on any atom is -0.262 e. The van der Waals surface area contributed by atoms with Crippen LogP contribution in [0.3, 0.4) is 0 Å². The fourth-order valence-corrected chi connectivity index (χ4v) is 2.29. The number of nitrogens with zero attached hydrogens (tertiary/aromatic N) is 1. The van der Waals surface area contributed by atoms with Gasteiger partial charge in [-0.1, -0.05) is 0 Å². The maximum Gasteiger partial charge on any atom is 0.0413 e. The maximum atomic E-state index is 5.62. The van der Waals surface area contributed by atoms with Crippen molar-refractivity contribution in [2.24, 2.45) is 0 Å². The Balaban J connectivity index is 3.00.